The molecule has 18 heavy (non-hydrogen) atoms. The zero-order valence-corrected chi connectivity index (χ0v) is 11.0. The average Bonchev–Trinajstić information content (AvgIpc) is 2.37. The Bertz CT molecular complexity index is 448. The standard InChI is InChI=1S/C13H16ClNO3/c1-2-3-4-13(16)15-10-8-12-11(7-9(10)14)17-5-6-18-12/h7-8H,2-6H2,1H3,(H,15,16). The van der Waals surface area contributed by atoms with Crippen molar-refractivity contribution in [1.29, 1.82) is 0 Å². The average molecular weight is 270 g/mol. The highest BCUT2D eigenvalue weighted by molar-refractivity contribution is 6.34. The molecule has 98 valence electrons. The number of ether oxygens (including phenoxy) is 2. The van der Waals surface area contributed by atoms with Crippen LogP contribution in [0.5, 0.6) is 11.5 Å². The van der Waals surface area contributed by atoms with Crippen molar-refractivity contribution in [3.63, 3.8) is 0 Å². The van der Waals surface area contributed by atoms with E-state index in [0.29, 0.717) is 41.8 Å². The first-order valence-corrected chi connectivity index (χ1v) is 6.47. The summed E-state index contributed by atoms with van der Waals surface area (Å²) >= 11 is 6.09. The maximum Gasteiger partial charge on any atom is 0.224 e. The second-order valence-electron chi connectivity index (χ2n) is 4.13. The van der Waals surface area contributed by atoms with Gasteiger partial charge in [0.25, 0.3) is 0 Å². The van der Waals surface area contributed by atoms with E-state index in [0.717, 1.165) is 12.8 Å². The Morgan fingerprint density at radius 2 is 2.00 bits per heavy atom. The lowest BCUT2D eigenvalue weighted by Gasteiger charge is -2.20. The number of carbonyl (C=O) groups is 1. The van der Waals surface area contributed by atoms with Gasteiger partial charge < -0.3 is 14.8 Å². The Kier molecular flexibility index (Phi) is 4.31. The van der Waals surface area contributed by atoms with Gasteiger partial charge in [-0.3, -0.25) is 4.79 Å². The molecule has 0 aliphatic carbocycles. The third kappa shape index (κ3) is 3.07. The van der Waals surface area contributed by atoms with Crippen LogP contribution >= 0.6 is 11.6 Å². The van der Waals surface area contributed by atoms with E-state index in [1.807, 2.05) is 6.92 Å². The fourth-order valence-corrected chi connectivity index (χ4v) is 1.91. The van der Waals surface area contributed by atoms with Crippen LogP contribution in [0.15, 0.2) is 12.1 Å². The maximum absolute atomic E-state index is 11.6. The van der Waals surface area contributed by atoms with Gasteiger partial charge in [-0.1, -0.05) is 24.9 Å². The predicted octanol–water partition coefficient (Wildman–Crippen LogP) is 3.24. The highest BCUT2D eigenvalue weighted by Crippen LogP contribution is 2.37. The predicted molar refractivity (Wildman–Crippen MR) is 70.6 cm³/mol. The number of hydrogen-bond acceptors (Lipinski definition) is 3. The van der Waals surface area contributed by atoms with E-state index in [2.05, 4.69) is 5.32 Å². The van der Waals surface area contributed by atoms with Gasteiger partial charge in [0.15, 0.2) is 11.5 Å². The SMILES string of the molecule is CCCCC(=O)Nc1cc2c(cc1Cl)OCCO2. The number of anilines is 1. The fourth-order valence-electron chi connectivity index (χ4n) is 1.71. The smallest absolute Gasteiger partial charge is 0.224 e. The number of fused-ring (bicyclic) bond motifs is 1. The first-order valence-electron chi connectivity index (χ1n) is 6.09. The van der Waals surface area contributed by atoms with Crippen LogP contribution in [-0.2, 0) is 4.79 Å². The zero-order valence-electron chi connectivity index (χ0n) is 10.3. The molecule has 0 aromatic heterocycles. The molecule has 0 saturated heterocycles. The van der Waals surface area contributed by atoms with E-state index in [1.165, 1.54) is 0 Å². The number of nitrogens with one attached hydrogen (secondary N) is 1. The van der Waals surface area contributed by atoms with Crippen LogP contribution in [0.3, 0.4) is 0 Å². The van der Waals surface area contributed by atoms with Crippen LogP contribution in [0, 0.1) is 0 Å². The molecular weight excluding hydrogens is 254 g/mol. The van der Waals surface area contributed by atoms with Crippen molar-refractivity contribution < 1.29 is 14.3 Å². The van der Waals surface area contributed by atoms with Crippen molar-refractivity contribution in [3.05, 3.63) is 17.2 Å². The number of halogens is 1. The van der Waals surface area contributed by atoms with Crippen LogP contribution in [-0.4, -0.2) is 19.1 Å². The molecule has 0 spiro atoms. The molecule has 1 heterocycles. The summed E-state index contributed by atoms with van der Waals surface area (Å²) < 4.78 is 10.9. The molecule has 0 atom stereocenters. The van der Waals surface area contributed by atoms with Crippen molar-refractivity contribution in [1.82, 2.24) is 0 Å². The Morgan fingerprint density at radius 1 is 1.33 bits per heavy atom. The van der Waals surface area contributed by atoms with Crippen LogP contribution in [0.4, 0.5) is 5.69 Å². The van der Waals surface area contributed by atoms with Gasteiger partial charge in [0.1, 0.15) is 13.2 Å². The summed E-state index contributed by atoms with van der Waals surface area (Å²) in [6.45, 7) is 3.08. The Balaban J connectivity index is 2.10. The molecule has 0 fully saturated rings. The molecule has 1 N–H and O–H groups in total. The van der Waals surface area contributed by atoms with Crippen LogP contribution in [0.2, 0.25) is 5.02 Å². The van der Waals surface area contributed by atoms with E-state index in [9.17, 15) is 4.79 Å². The normalized spacial score (nSPS) is 13.2. The summed E-state index contributed by atoms with van der Waals surface area (Å²) in [5.41, 5.74) is 0.571. The quantitative estimate of drug-likeness (QED) is 0.913. The van der Waals surface area contributed by atoms with Crippen molar-refractivity contribution in [2.45, 2.75) is 26.2 Å². The van der Waals surface area contributed by atoms with E-state index < -0.39 is 0 Å². The van der Waals surface area contributed by atoms with E-state index in [-0.39, 0.29) is 5.91 Å². The maximum atomic E-state index is 11.6. The van der Waals surface area contributed by atoms with Crippen molar-refractivity contribution in [2.75, 3.05) is 18.5 Å². The number of amides is 1. The molecule has 0 radical (unpaired) electrons. The third-order valence-electron chi connectivity index (χ3n) is 2.66. The van der Waals surface area contributed by atoms with Crippen LogP contribution in [0.1, 0.15) is 26.2 Å². The van der Waals surface area contributed by atoms with E-state index in [4.69, 9.17) is 21.1 Å². The van der Waals surface area contributed by atoms with Gasteiger partial charge >= 0.3 is 0 Å². The first kappa shape index (κ1) is 13.0. The number of benzene rings is 1. The minimum atomic E-state index is -0.0320. The summed E-state index contributed by atoms with van der Waals surface area (Å²) in [5, 5.41) is 3.25. The lowest BCUT2D eigenvalue weighted by molar-refractivity contribution is -0.116. The van der Waals surface area contributed by atoms with Gasteiger partial charge in [-0.05, 0) is 6.42 Å². The third-order valence-corrected chi connectivity index (χ3v) is 2.98. The molecule has 0 saturated carbocycles. The molecule has 0 unspecified atom stereocenters. The highest BCUT2D eigenvalue weighted by Gasteiger charge is 2.16. The Hall–Kier alpha value is -1.42. The van der Waals surface area contributed by atoms with Crippen LogP contribution in [0.25, 0.3) is 0 Å². The summed E-state index contributed by atoms with van der Waals surface area (Å²) in [6.07, 6.45) is 2.36. The zero-order chi connectivity index (χ0) is 13.0. The lowest BCUT2D eigenvalue weighted by Crippen LogP contribution is -2.16. The first-order chi connectivity index (χ1) is 8.70. The monoisotopic (exact) mass is 269 g/mol. The van der Waals surface area contributed by atoms with E-state index >= 15 is 0 Å². The molecule has 1 aliphatic rings. The second kappa shape index (κ2) is 5.96. The van der Waals surface area contributed by atoms with Crippen LogP contribution < -0.4 is 14.8 Å². The summed E-state index contributed by atoms with van der Waals surface area (Å²) in [7, 11) is 0. The molecule has 1 amide bonds. The molecule has 4 nitrogen and oxygen atoms in total. The number of hydrogen-bond donors (Lipinski definition) is 1. The summed E-state index contributed by atoms with van der Waals surface area (Å²) in [5.74, 6) is 1.21. The topological polar surface area (TPSA) is 47.6 Å². The molecule has 5 heteroatoms. The lowest BCUT2D eigenvalue weighted by atomic mass is 10.2. The van der Waals surface area contributed by atoms with E-state index in [1.54, 1.807) is 12.1 Å². The number of rotatable bonds is 4. The van der Waals surface area contributed by atoms with Gasteiger partial charge in [0.2, 0.25) is 5.91 Å². The number of carbonyl (C=O) groups excluding carboxylic acids is 1. The Labute approximate surface area is 111 Å². The van der Waals surface area contributed by atoms with Crippen molar-refractivity contribution in [3.8, 4) is 11.5 Å². The molecule has 1 aromatic rings. The summed E-state index contributed by atoms with van der Waals surface area (Å²) in [4.78, 5) is 11.6. The largest absolute Gasteiger partial charge is 0.486 e. The van der Waals surface area contributed by atoms with Gasteiger partial charge in [-0.25, -0.2) is 0 Å². The minimum absolute atomic E-state index is 0.0320. The van der Waals surface area contributed by atoms with Gasteiger partial charge in [-0.15, -0.1) is 0 Å². The van der Waals surface area contributed by atoms with Gasteiger partial charge in [-0.2, -0.15) is 0 Å². The fraction of sp³-hybridized carbons (Fsp3) is 0.462. The molecule has 0 bridgehead atoms. The molecule has 1 aromatic carbocycles. The Morgan fingerprint density at radius 3 is 2.67 bits per heavy atom. The van der Waals surface area contributed by atoms with Gasteiger partial charge in [0, 0.05) is 18.6 Å². The second-order valence-corrected chi connectivity index (χ2v) is 4.53. The highest BCUT2D eigenvalue weighted by atomic mass is 35.5. The number of unbranched alkanes of at least 4 members (excludes halogenated alkanes) is 1. The van der Waals surface area contributed by atoms with Crippen molar-refractivity contribution in [2.24, 2.45) is 0 Å². The molecule has 2 rings (SSSR count). The summed E-state index contributed by atoms with van der Waals surface area (Å²) in [6, 6.07) is 3.38. The molecule has 1 aliphatic heterocycles. The van der Waals surface area contributed by atoms with Gasteiger partial charge in [0.05, 0.1) is 10.7 Å². The molecular formula is C13H16ClNO3. The van der Waals surface area contributed by atoms with Crippen molar-refractivity contribution >= 4 is 23.2 Å². The minimum Gasteiger partial charge on any atom is -0.486 e.